The number of carbonyl (C=O) groups is 1. The number of aromatic nitrogens is 2. The van der Waals surface area contributed by atoms with E-state index in [-0.39, 0.29) is 5.91 Å². The van der Waals surface area contributed by atoms with Gasteiger partial charge in [-0.2, -0.15) is 0 Å². The van der Waals surface area contributed by atoms with E-state index in [1.807, 2.05) is 28.1 Å². The first-order valence-electron chi connectivity index (χ1n) is 8.98. The number of nitrogens with zero attached hydrogens (tertiary/aromatic N) is 3. The fourth-order valence-corrected chi connectivity index (χ4v) is 3.90. The number of carbonyl (C=O) groups excluding carboxylic acids is 1. The number of hydrogen-bond acceptors (Lipinski definition) is 4. The molecule has 1 aromatic carbocycles. The summed E-state index contributed by atoms with van der Waals surface area (Å²) < 4.78 is 1.87. The maximum absolute atomic E-state index is 12.3. The second kappa shape index (κ2) is 9.17. The van der Waals surface area contributed by atoms with Crippen LogP contribution in [0.25, 0.3) is 11.0 Å². The molecule has 0 bridgehead atoms. The SMILES string of the molecule is CCN(CC)Cc1ccccc1CNC(=O)/C=C/c1c(Cl)nc2sccn12. The quantitative estimate of drug-likeness (QED) is 0.574. The van der Waals surface area contributed by atoms with Crippen molar-refractivity contribution in [2.45, 2.75) is 26.9 Å². The van der Waals surface area contributed by atoms with Gasteiger partial charge < -0.3 is 5.32 Å². The number of imidazole rings is 1. The Morgan fingerprint density at radius 3 is 2.78 bits per heavy atom. The number of nitrogens with one attached hydrogen (secondary N) is 1. The minimum Gasteiger partial charge on any atom is -0.348 e. The van der Waals surface area contributed by atoms with Crippen LogP contribution in [0.15, 0.2) is 41.9 Å². The van der Waals surface area contributed by atoms with Crippen LogP contribution < -0.4 is 5.32 Å². The second-order valence-electron chi connectivity index (χ2n) is 6.12. The highest BCUT2D eigenvalue weighted by atomic mass is 35.5. The highest BCUT2D eigenvalue weighted by Gasteiger charge is 2.09. The van der Waals surface area contributed by atoms with E-state index in [4.69, 9.17) is 11.6 Å². The van der Waals surface area contributed by atoms with Gasteiger partial charge in [-0.3, -0.25) is 14.1 Å². The van der Waals surface area contributed by atoms with Crippen molar-refractivity contribution in [2.24, 2.45) is 0 Å². The van der Waals surface area contributed by atoms with Crippen molar-refractivity contribution in [1.29, 1.82) is 0 Å². The van der Waals surface area contributed by atoms with Crippen LogP contribution in [-0.2, 0) is 17.9 Å². The maximum Gasteiger partial charge on any atom is 0.244 e. The molecule has 0 atom stereocenters. The van der Waals surface area contributed by atoms with Crippen LogP contribution >= 0.6 is 22.9 Å². The van der Waals surface area contributed by atoms with Gasteiger partial charge in [-0.05, 0) is 30.3 Å². The Bertz CT molecular complexity index is 943. The highest BCUT2D eigenvalue weighted by Crippen LogP contribution is 2.22. The van der Waals surface area contributed by atoms with Crippen molar-refractivity contribution in [1.82, 2.24) is 19.6 Å². The molecule has 0 saturated carbocycles. The van der Waals surface area contributed by atoms with E-state index in [2.05, 4.69) is 41.2 Å². The monoisotopic (exact) mass is 402 g/mol. The summed E-state index contributed by atoms with van der Waals surface area (Å²) in [5.41, 5.74) is 3.09. The summed E-state index contributed by atoms with van der Waals surface area (Å²) in [6, 6.07) is 8.22. The summed E-state index contributed by atoms with van der Waals surface area (Å²) in [5, 5.41) is 5.29. The van der Waals surface area contributed by atoms with Crippen LogP contribution in [0.4, 0.5) is 0 Å². The van der Waals surface area contributed by atoms with E-state index >= 15 is 0 Å². The largest absolute Gasteiger partial charge is 0.348 e. The van der Waals surface area contributed by atoms with Gasteiger partial charge in [0.15, 0.2) is 10.1 Å². The molecular formula is C20H23ClN4OS. The summed E-state index contributed by atoms with van der Waals surface area (Å²) in [6.07, 6.45) is 5.09. The van der Waals surface area contributed by atoms with Gasteiger partial charge in [-0.25, -0.2) is 4.98 Å². The lowest BCUT2D eigenvalue weighted by Gasteiger charge is -2.20. The molecule has 3 rings (SSSR count). The third-order valence-corrected chi connectivity index (χ3v) is 5.54. The van der Waals surface area contributed by atoms with E-state index in [1.54, 1.807) is 6.08 Å². The first-order chi connectivity index (χ1) is 13.1. The van der Waals surface area contributed by atoms with Crippen molar-refractivity contribution < 1.29 is 4.79 Å². The van der Waals surface area contributed by atoms with Crippen LogP contribution in [0.5, 0.6) is 0 Å². The predicted octanol–water partition coefficient (Wildman–Crippen LogP) is 4.22. The smallest absolute Gasteiger partial charge is 0.244 e. The van der Waals surface area contributed by atoms with Crippen LogP contribution in [0.3, 0.4) is 0 Å². The topological polar surface area (TPSA) is 49.6 Å². The number of amides is 1. The molecule has 0 aliphatic rings. The lowest BCUT2D eigenvalue weighted by molar-refractivity contribution is -0.116. The molecule has 7 heteroatoms. The zero-order chi connectivity index (χ0) is 19.2. The van der Waals surface area contributed by atoms with Crippen LogP contribution in [-0.4, -0.2) is 33.3 Å². The molecule has 0 aliphatic carbocycles. The molecule has 0 radical (unpaired) electrons. The first kappa shape index (κ1) is 19.6. The van der Waals surface area contributed by atoms with E-state index in [0.29, 0.717) is 17.4 Å². The van der Waals surface area contributed by atoms with Crippen molar-refractivity contribution >= 4 is 39.9 Å². The van der Waals surface area contributed by atoms with Gasteiger partial charge in [0.05, 0.1) is 5.69 Å². The van der Waals surface area contributed by atoms with Crippen molar-refractivity contribution in [3.8, 4) is 0 Å². The van der Waals surface area contributed by atoms with Gasteiger partial charge in [0, 0.05) is 30.7 Å². The normalized spacial score (nSPS) is 11.7. The Hall–Kier alpha value is -2.15. The zero-order valence-electron chi connectivity index (χ0n) is 15.5. The van der Waals surface area contributed by atoms with Crippen LogP contribution in [0.1, 0.15) is 30.7 Å². The summed E-state index contributed by atoms with van der Waals surface area (Å²) in [5.74, 6) is -0.158. The number of thiazole rings is 1. The molecule has 142 valence electrons. The predicted molar refractivity (Wildman–Crippen MR) is 112 cm³/mol. The van der Waals surface area contributed by atoms with Crippen LogP contribution in [0.2, 0.25) is 5.15 Å². The molecule has 0 spiro atoms. The molecule has 3 aromatic rings. The summed E-state index contributed by atoms with van der Waals surface area (Å²) in [6.45, 7) is 7.70. The maximum atomic E-state index is 12.3. The van der Waals surface area contributed by atoms with E-state index in [1.165, 1.54) is 23.0 Å². The number of hydrogen-bond donors (Lipinski definition) is 1. The fraction of sp³-hybridized carbons (Fsp3) is 0.300. The third-order valence-electron chi connectivity index (χ3n) is 4.51. The van der Waals surface area contributed by atoms with Crippen molar-refractivity contribution in [3.05, 3.63) is 63.9 Å². The molecule has 2 aromatic heterocycles. The van der Waals surface area contributed by atoms with Crippen molar-refractivity contribution in [3.63, 3.8) is 0 Å². The molecule has 0 aliphatic heterocycles. The zero-order valence-corrected chi connectivity index (χ0v) is 17.1. The van der Waals surface area contributed by atoms with Gasteiger partial charge in [0.2, 0.25) is 5.91 Å². The standard InChI is InChI=1S/C20H23ClN4OS/c1-3-24(4-2)14-16-8-6-5-7-15(16)13-22-18(26)10-9-17-19(21)23-20-25(17)11-12-27-20/h5-12H,3-4,13-14H2,1-2H3,(H,22,26)/b10-9+. The van der Waals surface area contributed by atoms with Gasteiger partial charge >= 0.3 is 0 Å². The highest BCUT2D eigenvalue weighted by molar-refractivity contribution is 7.15. The molecule has 2 heterocycles. The van der Waals surface area contributed by atoms with Gasteiger partial charge in [0.25, 0.3) is 0 Å². The molecule has 0 unspecified atom stereocenters. The van der Waals surface area contributed by atoms with E-state index in [9.17, 15) is 4.79 Å². The van der Waals surface area contributed by atoms with Gasteiger partial charge in [0.1, 0.15) is 0 Å². The van der Waals surface area contributed by atoms with Crippen LogP contribution in [0, 0.1) is 0 Å². The Morgan fingerprint density at radius 2 is 2.04 bits per heavy atom. The second-order valence-corrected chi connectivity index (χ2v) is 7.36. The number of rotatable bonds is 8. The first-order valence-corrected chi connectivity index (χ1v) is 10.2. The van der Waals surface area contributed by atoms with Gasteiger partial charge in [-0.1, -0.05) is 49.7 Å². The molecule has 5 nitrogen and oxygen atoms in total. The fourth-order valence-electron chi connectivity index (χ4n) is 2.89. The van der Waals surface area contributed by atoms with Gasteiger partial charge in [-0.15, -0.1) is 11.3 Å². The number of benzene rings is 1. The van der Waals surface area contributed by atoms with Crippen molar-refractivity contribution in [2.75, 3.05) is 13.1 Å². The molecule has 0 fully saturated rings. The van der Waals surface area contributed by atoms with E-state index < -0.39 is 0 Å². The number of halogens is 1. The summed E-state index contributed by atoms with van der Waals surface area (Å²) in [7, 11) is 0. The Balaban J connectivity index is 1.64. The summed E-state index contributed by atoms with van der Waals surface area (Å²) >= 11 is 7.65. The lowest BCUT2D eigenvalue weighted by atomic mass is 10.1. The molecular weight excluding hydrogens is 380 g/mol. The molecule has 1 amide bonds. The summed E-state index contributed by atoms with van der Waals surface area (Å²) in [4.78, 5) is 19.7. The molecule has 1 N–H and O–H groups in total. The average Bonchev–Trinajstić information content (AvgIpc) is 3.24. The molecule has 27 heavy (non-hydrogen) atoms. The third kappa shape index (κ3) is 4.77. The Labute approximate surface area is 168 Å². The minimum absolute atomic E-state index is 0.158. The lowest BCUT2D eigenvalue weighted by Crippen LogP contribution is -2.25. The Morgan fingerprint density at radius 1 is 1.30 bits per heavy atom. The minimum atomic E-state index is -0.158. The Kier molecular flexibility index (Phi) is 6.66. The average molecular weight is 403 g/mol. The van der Waals surface area contributed by atoms with E-state index in [0.717, 1.165) is 30.2 Å². The number of fused-ring (bicyclic) bond motifs is 1. The molecule has 0 saturated heterocycles.